The van der Waals surface area contributed by atoms with Gasteiger partial charge in [0.15, 0.2) is 0 Å². The molecular weight excluding hydrogens is 304 g/mol. The van der Waals surface area contributed by atoms with E-state index < -0.39 is 0 Å². The third kappa shape index (κ3) is 2.91. The highest BCUT2D eigenvalue weighted by molar-refractivity contribution is 9.10. The highest BCUT2D eigenvalue weighted by Crippen LogP contribution is 2.32. The zero-order valence-corrected chi connectivity index (χ0v) is 12.6. The number of benzene rings is 2. The lowest BCUT2D eigenvalue weighted by molar-refractivity contribution is 0.415. The Morgan fingerprint density at radius 3 is 2.63 bits per heavy atom. The maximum Gasteiger partial charge on any atom is 0.120 e. The molecule has 0 radical (unpaired) electrons. The molecule has 0 saturated carbocycles. The summed E-state index contributed by atoms with van der Waals surface area (Å²) in [7, 11) is 3.69. The largest absolute Gasteiger partial charge is 0.497 e. The summed E-state index contributed by atoms with van der Waals surface area (Å²) in [6.45, 7) is 0.491. The van der Waals surface area contributed by atoms with Gasteiger partial charge in [-0.1, -0.05) is 28.1 Å². The minimum atomic E-state index is 0.491. The van der Waals surface area contributed by atoms with Crippen molar-refractivity contribution in [1.29, 1.82) is 0 Å². The minimum absolute atomic E-state index is 0.491. The van der Waals surface area contributed by atoms with Gasteiger partial charge in [0.1, 0.15) is 5.75 Å². The third-order valence-corrected chi connectivity index (χ3v) is 3.84. The maximum atomic E-state index is 5.84. The number of anilines is 2. The Hall–Kier alpha value is -1.52. The zero-order chi connectivity index (χ0) is 13.8. The summed E-state index contributed by atoms with van der Waals surface area (Å²) in [5.41, 5.74) is 9.08. The lowest BCUT2D eigenvalue weighted by atomic mass is 10.1. The Morgan fingerprint density at radius 2 is 1.95 bits per heavy atom. The molecule has 0 heterocycles. The number of hydrogen-bond acceptors (Lipinski definition) is 3. The van der Waals surface area contributed by atoms with E-state index in [1.54, 1.807) is 7.11 Å². The Morgan fingerprint density at radius 1 is 1.21 bits per heavy atom. The minimum Gasteiger partial charge on any atom is -0.497 e. The average Bonchev–Trinajstić information content (AvgIpc) is 2.46. The van der Waals surface area contributed by atoms with Crippen LogP contribution in [0.3, 0.4) is 0 Å². The number of rotatable bonds is 4. The molecule has 19 heavy (non-hydrogen) atoms. The van der Waals surface area contributed by atoms with Gasteiger partial charge in [0, 0.05) is 41.1 Å². The van der Waals surface area contributed by atoms with E-state index in [1.807, 2.05) is 43.4 Å². The smallest absolute Gasteiger partial charge is 0.120 e. The molecule has 4 heteroatoms. The fourth-order valence-electron chi connectivity index (χ4n) is 2.02. The monoisotopic (exact) mass is 320 g/mol. The highest BCUT2D eigenvalue weighted by atomic mass is 79.9. The molecule has 0 aliphatic heterocycles. The van der Waals surface area contributed by atoms with E-state index in [1.165, 1.54) is 0 Å². The Bertz CT molecular complexity index is 572. The summed E-state index contributed by atoms with van der Waals surface area (Å²) >= 11 is 3.54. The van der Waals surface area contributed by atoms with E-state index in [4.69, 9.17) is 10.5 Å². The number of methoxy groups -OCH3 is 1. The predicted molar refractivity (Wildman–Crippen MR) is 83.1 cm³/mol. The Balaban J connectivity index is 2.43. The van der Waals surface area contributed by atoms with Gasteiger partial charge in [-0.25, -0.2) is 0 Å². The molecule has 2 rings (SSSR count). The molecule has 0 bridgehead atoms. The lowest BCUT2D eigenvalue weighted by Crippen LogP contribution is -2.13. The lowest BCUT2D eigenvalue weighted by Gasteiger charge is -2.23. The van der Waals surface area contributed by atoms with Gasteiger partial charge < -0.3 is 15.4 Å². The van der Waals surface area contributed by atoms with Crippen molar-refractivity contribution in [1.82, 2.24) is 0 Å². The van der Waals surface area contributed by atoms with Crippen LogP contribution in [0.4, 0.5) is 11.4 Å². The van der Waals surface area contributed by atoms with Gasteiger partial charge in [0.2, 0.25) is 0 Å². The number of nitrogens with zero attached hydrogens (tertiary/aromatic N) is 1. The molecule has 0 fully saturated rings. The normalized spacial score (nSPS) is 10.3. The van der Waals surface area contributed by atoms with Gasteiger partial charge >= 0.3 is 0 Å². The third-order valence-electron chi connectivity index (χ3n) is 3.10. The molecule has 0 atom stereocenters. The van der Waals surface area contributed by atoms with Crippen LogP contribution in [0.25, 0.3) is 0 Å². The van der Waals surface area contributed by atoms with E-state index in [-0.39, 0.29) is 0 Å². The quantitative estimate of drug-likeness (QED) is 0.933. The molecule has 2 aromatic rings. The second-order valence-electron chi connectivity index (χ2n) is 4.20. The number of nitrogens with two attached hydrogens (primary N) is 1. The van der Waals surface area contributed by atoms with Crippen LogP contribution >= 0.6 is 15.9 Å². The molecule has 3 nitrogen and oxygen atoms in total. The van der Waals surface area contributed by atoms with Crippen molar-refractivity contribution < 1.29 is 4.74 Å². The highest BCUT2D eigenvalue weighted by Gasteiger charge is 2.11. The van der Waals surface area contributed by atoms with Crippen molar-refractivity contribution in [2.24, 2.45) is 5.73 Å². The summed E-state index contributed by atoms with van der Waals surface area (Å²) in [5, 5.41) is 0. The van der Waals surface area contributed by atoms with Crippen LogP contribution in [0.2, 0.25) is 0 Å². The van der Waals surface area contributed by atoms with Crippen LogP contribution < -0.4 is 15.4 Å². The summed E-state index contributed by atoms with van der Waals surface area (Å²) in [4.78, 5) is 2.11. The number of halogens is 1. The second-order valence-corrected chi connectivity index (χ2v) is 5.06. The summed E-state index contributed by atoms with van der Waals surface area (Å²) < 4.78 is 6.29. The summed E-state index contributed by atoms with van der Waals surface area (Å²) in [6.07, 6.45) is 0. The Kier molecular flexibility index (Phi) is 4.45. The first kappa shape index (κ1) is 13.9. The van der Waals surface area contributed by atoms with E-state index in [0.717, 1.165) is 27.2 Å². The number of hydrogen-bond donors (Lipinski definition) is 1. The SMILES string of the molecule is COc1cccc(N(C)c2cccc(Br)c2CN)c1. The van der Waals surface area contributed by atoms with Crippen molar-refractivity contribution in [3.63, 3.8) is 0 Å². The van der Waals surface area contributed by atoms with Crippen molar-refractivity contribution in [3.05, 3.63) is 52.5 Å². The first-order chi connectivity index (χ1) is 9.17. The molecule has 0 aliphatic rings. The van der Waals surface area contributed by atoms with E-state index >= 15 is 0 Å². The fraction of sp³-hybridized carbons (Fsp3) is 0.200. The fourth-order valence-corrected chi connectivity index (χ4v) is 2.54. The molecule has 0 aromatic heterocycles. The van der Waals surface area contributed by atoms with Gasteiger partial charge in [-0.3, -0.25) is 0 Å². The van der Waals surface area contributed by atoms with Gasteiger partial charge in [-0.2, -0.15) is 0 Å². The molecular formula is C15H17BrN2O. The van der Waals surface area contributed by atoms with Crippen LogP contribution in [0.15, 0.2) is 46.9 Å². The summed E-state index contributed by atoms with van der Waals surface area (Å²) in [5.74, 6) is 0.841. The average molecular weight is 321 g/mol. The van der Waals surface area contributed by atoms with Gasteiger partial charge in [-0.05, 0) is 24.3 Å². The first-order valence-corrected chi connectivity index (χ1v) is 6.82. The maximum absolute atomic E-state index is 5.84. The van der Waals surface area contributed by atoms with Crippen LogP contribution in [-0.2, 0) is 6.54 Å². The van der Waals surface area contributed by atoms with Gasteiger partial charge in [-0.15, -0.1) is 0 Å². The second kappa shape index (κ2) is 6.08. The van der Waals surface area contributed by atoms with E-state index in [9.17, 15) is 0 Å². The van der Waals surface area contributed by atoms with Crippen LogP contribution in [0.5, 0.6) is 5.75 Å². The molecule has 2 N–H and O–H groups in total. The van der Waals surface area contributed by atoms with Crippen molar-refractivity contribution in [2.45, 2.75) is 6.54 Å². The van der Waals surface area contributed by atoms with Crippen molar-refractivity contribution in [3.8, 4) is 5.75 Å². The topological polar surface area (TPSA) is 38.5 Å². The van der Waals surface area contributed by atoms with Crippen LogP contribution in [-0.4, -0.2) is 14.2 Å². The first-order valence-electron chi connectivity index (χ1n) is 6.02. The van der Waals surface area contributed by atoms with Gasteiger partial charge in [0.05, 0.1) is 7.11 Å². The molecule has 0 unspecified atom stereocenters. The van der Waals surface area contributed by atoms with E-state index in [0.29, 0.717) is 6.54 Å². The number of ether oxygens (including phenoxy) is 1. The summed E-state index contributed by atoms with van der Waals surface area (Å²) in [6, 6.07) is 14.0. The Labute approximate surface area is 122 Å². The van der Waals surface area contributed by atoms with E-state index in [2.05, 4.69) is 26.9 Å². The van der Waals surface area contributed by atoms with Crippen LogP contribution in [0, 0.1) is 0 Å². The standard InChI is InChI=1S/C15H17BrN2O/c1-18(11-5-3-6-12(9-11)19-2)15-8-4-7-14(16)13(15)10-17/h3-9H,10,17H2,1-2H3. The molecule has 0 saturated heterocycles. The van der Waals surface area contributed by atoms with Crippen molar-refractivity contribution >= 4 is 27.3 Å². The molecule has 2 aromatic carbocycles. The zero-order valence-electron chi connectivity index (χ0n) is 11.1. The van der Waals surface area contributed by atoms with Gasteiger partial charge in [0.25, 0.3) is 0 Å². The molecule has 0 amide bonds. The molecule has 100 valence electrons. The van der Waals surface area contributed by atoms with Crippen molar-refractivity contribution in [2.75, 3.05) is 19.1 Å². The predicted octanol–water partition coefficient (Wildman–Crippen LogP) is 3.68. The van der Waals surface area contributed by atoms with Crippen LogP contribution in [0.1, 0.15) is 5.56 Å². The molecule has 0 spiro atoms. The molecule has 0 aliphatic carbocycles.